The van der Waals surface area contributed by atoms with E-state index in [1.54, 1.807) is 19.8 Å². The summed E-state index contributed by atoms with van der Waals surface area (Å²) in [5.41, 5.74) is 4.19. The fraction of sp³-hybridized carbons (Fsp3) is 0.833. The Morgan fingerprint density at radius 1 is 0.967 bits per heavy atom. The maximum absolute atomic E-state index is 6.94. The van der Waals surface area contributed by atoms with Crippen molar-refractivity contribution in [2.24, 2.45) is 38.9 Å². The third kappa shape index (κ3) is 3.48. The van der Waals surface area contributed by atoms with Gasteiger partial charge in [0.05, 0.1) is 17.5 Å². The Morgan fingerprint density at radius 3 is 2.37 bits per heavy atom. The Kier molecular flexibility index (Phi) is 5.71. The van der Waals surface area contributed by atoms with Crippen LogP contribution in [0.5, 0.6) is 0 Å². The molecule has 30 heavy (non-hydrogen) atoms. The van der Waals surface area contributed by atoms with E-state index in [2.05, 4.69) is 49.9 Å². The molecule has 6 heteroatoms. The summed E-state index contributed by atoms with van der Waals surface area (Å²) in [6.07, 6.45) is 10.6. The van der Waals surface area contributed by atoms with Crippen molar-refractivity contribution in [2.45, 2.75) is 84.5 Å². The van der Waals surface area contributed by atoms with Gasteiger partial charge in [0.2, 0.25) is 0 Å². The van der Waals surface area contributed by atoms with Gasteiger partial charge in [-0.3, -0.25) is 0 Å². The topological polar surface area (TPSA) is 52.4 Å². The van der Waals surface area contributed by atoms with Crippen LogP contribution in [0.15, 0.2) is 22.0 Å². The van der Waals surface area contributed by atoms with Crippen molar-refractivity contribution in [1.29, 1.82) is 0 Å². The Bertz CT molecular complexity index is 771. The second-order valence-electron chi connectivity index (χ2n) is 11.3. The number of fused-ring (bicyclic) bond motifs is 5. The first-order valence-electron chi connectivity index (χ1n) is 11.7. The second-order valence-corrected chi connectivity index (χ2v) is 15.7. The minimum absolute atomic E-state index is 0.00632. The molecule has 4 rings (SSSR count). The fourth-order valence-corrected chi connectivity index (χ4v) is 8.55. The maximum atomic E-state index is 6.94. The van der Waals surface area contributed by atoms with E-state index in [-0.39, 0.29) is 16.9 Å². The largest absolute Gasteiger partial charge is 0.414 e. The number of nitrogens with zero attached hydrogens (tertiary/aromatic N) is 2. The zero-order chi connectivity index (χ0) is 21.7. The smallest absolute Gasteiger partial charge is 0.184 e. The van der Waals surface area contributed by atoms with Crippen LogP contribution in [-0.2, 0) is 14.1 Å². The Balaban J connectivity index is 1.73. The highest BCUT2D eigenvalue weighted by Crippen LogP contribution is 2.65. The molecular weight excluding hydrogens is 392 g/mol. The maximum Gasteiger partial charge on any atom is 0.184 e. The molecule has 0 amide bonds. The zero-order valence-corrected chi connectivity index (χ0v) is 21.0. The molecule has 0 bridgehead atoms. The number of allylic oxidation sites excluding steroid dienone is 2. The molecule has 0 radical (unpaired) electrons. The monoisotopic (exact) mass is 432 g/mol. The number of hydrogen-bond acceptors (Lipinski definition) is 5. The molecule has 0 saturated heterocycles. The first kappa shape index (κ1) is 22.1. The van der Waals surface area contributed by atoms with Gasteiger partial charge in [-0.15, -0.1) is 0 Å². The van der Waals surface area contributed by atoms with Crippen molar-refractivity contribution in [3.8, 4) is 0 Å². The van der Waals surface area contributed by atoms with E-state index >= 15 is 0 Å². The molecule has 4 aliphatic carbocycles. The van der Waals surface area contributed by atoms with Crippen molar-refractivity contribution in [3.63, 3.8) is 0 Å². The van der Waals surface area contributed by atoms with Crippen LogP contribution >= 0.6 is 0 Å². The Morgan fingerprint density at radius 2 is 1.70 bits per heavy atom. The molecule has 6 atom stereocenters. The van der Waals surface area contributed by atoms with Crippen molar-refractivity contribution >= 4 is 19.7 Å². The summed E-state index contributed by atoms with van der Waals surface area (Å²) in [6.45, 7) is 11.9. The first-order chi connectivity index (χ1) is 14.1. The van der Waals surface area contributed by atoms with Crippen LogP contribution in [0.1, 0.15) is 58.8 Å². The predicted molar refractivity (Wildman–Crippen MR) is 124 cm³/mol. The minimum atomic E-state index is -1.70. The van der Waals surface area contributed by atoms with Gasteiger partial charge in [-0.25, -0.2) is 0 Å². The molecule has 0 aromatic carbocycles. The fourth-order valence-electron chi connectivity index (χ4n) is 7.36. The summed E-state index contributed by atoms with van der Waals surface area (Å²) in [5, 5.41) is 8.80. The van der Waals surface area contributed by atoms with Gasteiger partial charge in [0.1, 0.15) is 14.2 Å². The third-order valence-electron chi connectivity index (χ3n) is 8.70. The summed E-state index contributed by atoms with van der Waals surface area (Å²) in [5.74, 6) is 2.05. The Labute approximate surface area is 183 Å². The van der Waals surface area contributed by atoms with Crippen LogP contribution < -0.4 is 0 Å². The highest BCUT2D eigenvalue weighted by molar-refractivity contribution is 6.69. The molecule has 0 N–H and O–H groups in total. The van der Waals surface area contributed by atoms with Crippen LogP contribution in [0.25, 0.3) is 0 Å². The van der Waals surface area contributed by atoms with Gasteiger partial charge in [-0.1, -0.05) is 29.7 Å². The molecule has 0 aliphatic heterocycles. The van der Waals surface area contributed by atoms with E-state index < -0.39 is 8.32 Å². The van der Waals surface area contributed by atoms with Gasteiger partial charge in [-0.2, -0.15) is 0 Å². The summed E-state index contributed by atoms with van der Waals surface area (Å²) < 4.78 is 6.94. The molecule has 168 valence electrons. The normalized spacial score (nSPS) is 43.6. The van der Waals surface area contributed by atoms with E-state index in [0.29, 0.717) is 11.8 Å². The minimum Gasteiger partial charge on any atom is -0.414 e. The average Bonchev–Trinajstić information content (AvgIpc) is 3.00. The summed E-state index contributed by atoms with van der Waals surface area (Å²) >= 11 is 0. The highest BCUT2D eigenvalue weighted by Gasteiger charge is 2.62. The van der Waals surface area contributed by atoms with E-state index in [4.69, 9.17) is 14.1 Å². The quantitative estimate of drug-likeness (QED) is 0.418. The van der Waals surface area contributed by atoms with Gasteiger partial charge in [0, 0.05) is 5.41 Å². The molecule has 0 heterocycles. The lowest BCUT2D eigenvalue weighted by Gasteiger charge is -2.60. The molecule has 3 fully saturated rings. The number of oxime groups is 2. The second kappa shape index (κ2) is 7.77. The van der Waals surface area contributed by atoms with Gasteiger partial charge < -0.3 is 14.1 Å². The van der Waals surface area contributed by atoms with Crippen LogP contribution in [0.4, 0.5) is 0 Å². The lowest BCUT2D eigenvalue weighted by Crippen LogP contribution is -2.58. The van der Waals surface area contributed by atoms with E-state index in [9.17, 15) is 0 Å². The number of rotatable bonds is 4. The third-order valence-corrected chi connectivity index (χ3v) is 9.69. The van der Waals surface area contributed by atoms with Crippen LogP contribution in [-0.4, -0.2) is 40.1 Å². The van der Waals surface area contributed by atoms with Crippen LogP contribution in [0, 0.1) is 28.6 Å². The van der Waals surface area contributed by atoms with Crippen LogP contribution in [0.3, 0.4) is 0 Å². The van der Waals surface area contributed by atoms with Crippen molar-refractivity contribution in [1.82, 2.24) is 0 Å². The molecule has 0 spiro atoms. The summed E-state index contributed by atoms with van der Waals surface area (Å²) in [4.78, 5) is 10.4. The molecule has 0 aromatic heterocycles. The van der Waals surface area contributed by atoms with Crippen molar-refractivity contribution in [3.05, 3.63) is 11.6 Å². The van der Waals surface area contributed by atoms with Crippen molar-refractivity contribution in [2.75, 3.05) is 14.2 Å². The predicted octanol–water partition coefficient (Wildman–Crippen LogP) is 5.78. The van der Waals surface area contributed by atoms with E-state index in [0.717, 1.165) is 30.9 Å². The van der Waals surface area contributed by atoms with Gasteiger partial charge in [-0.05, 0) is 93.8 Å². The van der Waals surface area contributed by atoms with Gasteiger partial charge in [0.25, 0.3) is 0 Å². The van der Waals surface area contributed by atoms with E-state index in [1.807, 2.05) is 0 Å². The zero-order valence-electron chi connectivity index (χ0n) is 20.0. The molecular formula is C24H40N2O3Si. The first-order valence-corrected chi connectivity index (χ1v) is 15.1. The standard InChI is InChI=1S/C24H40N2O3Si/c1-23-13-12-17(25-27-3)14-16(23)8-9-18-19-10-11-21(26-28-4)24(19,2)22(15-20(18)23)29-30(5,6)7/h14,18-20,22H,8-13,15H2,1-7H3/b25-17+,26-21+. The SMILES string of the molecule is CO/N=C1/C=C2CCC3C(CC(O[Si](C)(C)C)C4(C)/C(=N/OC)CCC34)C2(C)CC1. The number of hydrogen-bond donors (Lipinski definition) is 0. The summed E-state index contributed by atoms with van der Waals surface area (Å²) in [6, 6.07) is 0. The lowest BCUT2D eigenvalue weighted by atomic mass is 9.46. The molecule has 6 unspecified atom stereocenters. The molecule has 0 aromatic rings. The average molecular weight is 433 g/mol. The van der Waals surface area contributed by atoms with Gasteiger partial charge >= 0.3 is 0 Å². The van der Waals surface area contributed by atoms with E-state index in [1.165, 1.54) is 31.4 Å². The molecule has 4 aliphatic rings. The summed E-state index contributed by atoms with van der Waals surface area (Å²) in [7, 11) is 1.64. The van der Waals surface area contributed by atoms with Crippen molar-refractivity contribution < 1.29 is 14.1 Å². The lowest BCUT2D eigenvalue weighted by molar-refractivity contribution is -0.0853. The molecule has 5 nitrogen and oxygen atoms in total. The Hall–Kier alpha value is -1.14. The molecule has 3 saturated carbocycles. The highest BCUT2D eigenvalue weighted by atomic mass is 28.4. The van der Waals surface area contributed by atoms with Crippen LogP contribution in [0.2, 0.25) is 19.6 Å². The van der Waals surface area contributed by atoms with Gasteiger partial charge in [0.15, 0.2) is 8.32 Å².